The lowest BCUT2D eigenvalue weighted by Gasteiger charge is -1.98. The van der Waals surface area contributed by atoms with Crippen molar-refractivity contribution < 1.29 is 22.5 Å². The number of hydrogen-bond acceptors (Lipinski definition) is 5. The van der Waals surface area contributed by atoms with Gasteiger partial charge in [-0.05, 0) is 6.07 Å². The van der Waals surface area contributed by atoms with Crippen LogP contribution in [0.2, 0.25) is 0 Å². The van der Waals surface area contributed by atoms with Crippen LogP contribution < -0.4 is 4.87 Å². The number of carbonyl (C=O) groups excluding carboxylic acids is 1. The first-order valence-electron chi connectivity index (χ1n) is 5.57. The lowest BCUT2D eigenvalue weighted by atomic mass is 10.1. The van der Waals surface area contributed by atoms with Gasteiger partial charge in [0.15, 0.2) is 17.9 Å². The number of alkyl halides is 1. The lowest BCUT2D eigenvalue weighted by molar-refractivity contribution is 0.111. The first-order valence-corrected chi connectivity index (χ1v) is 6.38. The second-order valence-corrected chi connectivity index (χ2v) is 5.14. The van der Waals surface area contributed by atoms with Crippen molar-refractivity contribution in [2.24, 2.45) is 0 Å². The Labute approximate surface area is 118 Å². The predicted octanol–water partition coefficient (Wildman–Crippen LogP) is 2.60. The van der Waals surface area contributed by atoms with E-state index in [4.69, 9.17) is 0 Å². The molecule has 0 amide bonds. The van der Waals surface area contributed by atoms with Gasteiger partial charge in [-0.15, -0.1) is 0 Å². The molecule has 0 saturated carbocycles. The van der Waals surface area contributed by atoms with Crippen molar-refractivity contribution in [2.45, 2.75) is 6.67 Å². The predicted molar refractivity (Wildman–Crippen MR) is 67.6 cm³/mol. The third kappa shape index (κ3) is 1.97. The van der Waals surface area contributed by atoms with Gasteiger partial charge in [0.1, 0.15) is 6.67 Å². The number of aromatic nitrogens is 2. The average molecular weight is 314 g/mol. The molecule has 9 heteroatoms. The zero-order valence-corrected chi connectivity index (χ0v) is 10.9. The fraction of sp³-hybridized carbons (Fsp3) is 0.0833. The Morgan fingerprint density at radius 1 is 1.38 bits per heavy atom. The number of halogens is 3. The van der Waals surface area contributed by atoms with Gasteiger partial charge < -0.3 is 4.52 Å². The molecule has 0 N–H and O–H groups in total. The van der Waals surface area contributed by atoms with Crippen LogP contribution in [0.5, 0.6) is 0 Å². The number of aldehydes is 1. The SMILES string of the molecule is O=Cc1cc2c(-n3cc(CF)sc3=O)noc2c(F)c1F. The molecule has 0 saturated heterocycles. The van der Waals surface area contributed by atoms with Gasteiger partial charge in [0.05, 0.1) is 15.8 Å². The van der Waals surface area contributed by atoms with Crippen molar-refractivity contribution in [1.29, 1.82) is 0 Å². The van der Waals surface area contributed by atoms with Crippen LogP contribution in [-0.4, -0.2) is 16.0 Å². The Kier molecular flexibility index (Phi) is 3.13. The molecule has 2 heterocycles. The largest absolute Gasteiger partial charge is 0.351 e. The molecular formula is C12H5F3N2O3S. The van der Waals surface area contributed by atoms with E-state index in [1.807, 2.05) is 0 Å². The normalized spacial score (nSPS) is 11.2. The Hall–Kier alpha value is -2.42. The number of hydrogen-bond donors (Lipinski definition) is 0. The molecule has 21 heavy (non-hydrogen) atoms. The summed E-state index contributed by atoms with van der Waals surface area (Å²) in [5.41, 5.74) is -1.05. The Bertz CT molecular complexity index is 912. The maximum absolute atomic E-state index is 13.7. The van der Waals surface area contributed by atoms with Crippen LogP contribution in [0.1, 0.15) is 15.2 Å². The molecule has 0 atom stereocenters. The Balaban J connectivity index is 2.34. The maximum Gasteiger partial charge on any atom is 0.313 e. The molecule has 1 aromatic carbocycles. The number of thiazole rings is 1. The molecule has 0 spiro atoms. The molecule has 0 aliphatic heterocycles. The number of fused-ring (bicyclic) bond motifs is 1. The minimum atomic E-state index is -1.37. The van der Waals surface area contributed by atoms with Crippen LogP contribution in [0.15, 0.2) is 21.6 Å². The van der Waals surface area contributed by atoms with Gasteiger partial charge in [-0.25, -0.2) is 8.78 Å². The standard InChI is InChI=1S/C12H5F3N2O3S/c13-2-6-3-17(12(19)21-6)11-7-1-5(4-18)8(14)9(15)10(7)20-16-11/h1,3-4H,2H2. The van der Waals surface area contributed by atoms with E-state index in [0.717, 1.165) is 10.6 Å². The zero-order valence-electron chi connectivity index (χ0n) is 10.1. The molecule has 2 aromatic heterocycles. The van der Waals surface area contributed by atoms with Gasteiger partial charge in [0.25, 0.3) is 0 Å². The number of rotatable bonds is 3. The molecule has 0 aliphatic rings. The molecule has 3 rings (SSSR count). The lowest BCUT2D eigenvalue weighted by Crippen LogP contribution is -2.09. The molecule has 0 fully saturated rings. The summed E-state index contributed by atoms with van der Waals surface area (Å²) in [6, 6.07) is 1.02. The molecule has 5 nitrogen and oxygen atoms in total. The van der Waals surface area contributed by atoms with Crippen molar-refractivity contribution in [3.63, 3.8) is 0 Å². The summed E-state index contributed by atoms with van der Waals surface area (Å²) in [4.78, 5) is 22.1. The van der Waals surface area contributed by atoms with Crippen LogP contribution >= 0.6 is 11.3 Å². The Morgan fingerprint density at radius 3 is 2.76 bits per heavy atom. The second kappa shape index (κ2) is 4.85. The average Bonchev–Trinajstić information content (AvgIpc) is 3.05. The summed E-state index contributed by atoms with van der Waals surface area (Å²) in [6.07, 6.45) is 1.32. The highest BCUT2D eigenvalue weighted by Crippen LogP contribution is 2.27. The highest BCUT2D eigenvalue weighted by atomic mass is 32.1. The summed E-state index contributed by atoms with van der Waals surface area (Å²) in [5.74, 6) is -2.86. The van der Waals surface area contributed by atoms with Gasteiger partial charge in [-0.1, -0.05) is 16.5 Å². The van der Waals surface area contributed by atoms with Gasteiger partial charge >= 0.3 is 4.87 Å². The number of benzene rings is 1. The summed E-state index contributed by atoms with van der Waals surface area (Å²) in [7, 11) is 0. The molecule has 0 radical (unpaired) electrons. The maximum atomic E-state index is 13.7. The van der Waals surface area contributed by atoms with Crippen molar-refractivity contribution in [1.82, 2.24) is 9.72 Å². The number of nitrogens with zero attached hydrogens (tertiary/aromatic N) is 2. The number of carbonyl (C=O) groups is 1. The van der Waals surface area contributed by atoms with Gasteiger partial charge in [-0.3, -0.25) is 14.2 Å². The quantitative estimate of drug-likeness (QED) is 0.697. The second-order valence-electron chi connectivity index (χ2n) is 4.06. The molecule has 0 bridgehead atoms. The summed E-state index contributed by atoms with van der Waals surface area (Å²) < 4.78 is 45.4. The van der Waals surface area contributed by atoms with E-state index < -0.39 is 34.3 Å². The molecule has 0 unspecified atom stereocenters. The summed E-state index contributed by atoms with van der Waals surface area (Å²) >= 11 is 0.652. The summed E-state index contributed by atoms with van der Waals surface area (Å²) in [5, 5.41) is 3.45. The monoisotopic (exact) mass is 314 g/mol. The third-order valence-corrected chi connectivity index (χ3v) is 3.68. The molecule has 108 valence electrons. The van der Waals surface area contributed by atoms with E-state index in [1.54, 1.807) is 0 Å². The van der Waals surface area contributed by atoms with Crippen molar-refractivity contribution in [2.75, 3.05) is 0 Å². The topological polar surface area (TPSA) is 65.1 Å². The van der Waals surface area contributed by atoms with Gasteiger partial charge in [0, 0.05) is 6.20 Å². The highest BCUT2D eigenvalue weighted by Gasteiger charge is 2.22. The van der Waals surface area contributed by atoms with Crippen LogP contribution in [0.25, 0.3) is 16.8 Å². The molecule has 0 aliphatic carbocycles. The highest BCUT2D eigenvalue weighted by molar-refractivity contribution is 7.09. The van der Waals surface area contributed by atoms with E-state index in [9.17, 15) is 22.8 Å². The fourth-order valence-corrected chi connectivity index (χ4v) is 2.55. The molecular weight excluding hydrogens is 309 g/mol. The van der Waals surface area contributed by atoms with Crippen LogP contribution in [0.3, 0.4) is 0 Å². The smallest absolute Gasteiger partial charge is 0.313 e. The van der Waals surface area contributed by atoms with Crippen molar-refractivity contribution >= 4 is 28.6 Å². The summed E-state index contributed by atoms with van der Waals surface area (Å²) in [6.45, 7) is -0.842. The zero-order chi connectivity index (χ0) is 15.1. The van der Waals surface area contributed by atoms with E-state index in [-0.39, 0.29) is 22.4 Å². The van der Waals surface area contributed by atoms with Crippen molar-refractivity contribution in [3.05, 3.63) is 44.0 Å². The van der Waals surface area contributed by atoms with E-state index >= 15 is 0 Å². The Morgan fingerprint density at radius 2 is 2.14 bits per heavy atom. The van der Waals surface area contributed by atoms with E-state index in [2.05, 4.69) is 9.68 Å². The minimum Gasteiger partial charge on any atom is -0.351 e. The first kappa shape index (κ1) is 13.6. The third-order valence-electron chi connectivity index (χ3n) is 2.83. The van der Waals surface area contributed by atoms with Crippen LogP contribution in [-0.2, 0) is 6.67 Å². The van der Waals surface area contributed by atoms with Crippen LogP contribution in [0, 0.1) is 11.6 Å². The van der Waals surface area contributed by atoms with Gasteiger partial charge in [0.2, 0.25) is 11.4 Å². The fourth-order valence-electron chi connectivity index (χ4n) is 1.88. The van der Waals surface area contributed by atoms with Crippen LogP contribution in [0.4, 0.5) is 13.2 Å². The van der Waals surface area contributed by atoms with E-state index in [0.29, 0.717) is 11.3 Å². The molecule has 3 aromatic rings. The first-order chi connectivity index (χ1) is 10.1. The minimum absolute atomic E-state index is 0.0543. The van der Waals surface area contributed by atoms with Crippen molar-refractivity contribution in [3.8, 4) is 5.82 Å². The van der Waals surface area contributed by atoms with E-state index in [1.165, 1.54) is 6.20 Å². The van der Waals surface area contributed by atoms with Gasteiger partial charge in [-0.2, -0.15) is 4.39 Å².